The molecule has 0 aromatic heterocycles. The second-order valence-electron chi connectivity index (χ2n) is 3.94. The van der Waals surface area contributed by atoms with Gasteiger partial charge in [0.25, 0.3) is 10.1 Å². The van der Waals surface area contributed by atoms with E-state index in [0.717, 1.165) is 25.7 Å². The summed E-state index contributed by atoms with van der Waals surface area (Å²) >= 11 is 0. The van der Waals surface area contributed by atoms with Crippen molar-refractivity contribution in [2.24, 2.45) is 0 Å². The van der Waals surface area contributed by atoms with Gasteiger partial charge in [-0.3, -0.25) is 4.55 Å². The summed E-state index contributed by atoms with van der Waals surface area (Å²) in [5.74, 6) is -0.113. The zero-order valence-corrected chi connectivity index (χ0v) is 13.1. The van der Waals surface area contributed by atoms with Crippen LogP contribution in [0.1, 0.15) is 31.2 Å². The number of hydrogen-bond acceptors (Lipinski definition) is 2. The molecule has 0 radical (unpaired) electrons. The maximum Gasteiger partial charge on any atom is 1.00 e. The minimum absolute atomic E-state index is 0. The quantitative estimate of drug-likeness (QED) is 0.418. The zero-order valence-electron chi connectivity index (χ0n) is 10.3. The topological polar surface area (TPSA) is 54.4 Å². The van der Waals surface area contributed by atoms with Crippen LogP contribution in [0.3, 0.4) is 0 Å². The molecule has 3 nitrogen and oxygen atoms in total. The third-order valence-electron chi connectivity index (χ3n) is 2.46. The average molecular weight is 265 g/mol. The molecule has 0 saturated carbocycles. The summed E-state index contributed by atoms with van der Waals surface area (Å²) in [5.41, 5.74) is 1.32. The van der Waals surface area contributed by atoms with Crippen molar-refractivity contribution in [2.45, 2.75) is 32.1 Å². The zero-order chi connectivity index (χ0) is 11.9. The molecule has 0 aliphatic heterocycles. The second-order valence-corrected chi connectivity index (χ2v) is 5.51. The largest absolute Gasteiger partial charge is 1.00 e. The minimum atomic E-state index is -3.76. The van der Waals surface area contributed by atoms with Crippen LogP contribution in [0.2, 0.25) is 0 Å². The summed E-state index contributed by atoms with van der Waals surface area (Å²) in [6, 6.07) is 10.2. The molecule has 0 aliphatic rings. The average Bonchev–Trinajstić information content (AvgIpc) is 2.23. The summed E-state index contributed by atoms with van der Waals surface area (Å²) in [7, 11) is -3.76. The van der Waals surface area contributed by atoms with E-state index < -0.39 is 10.1 Å². The Hall–Kier alpha value is 0.130. The van der Waals surface area contributed by atoms with Crippen LogP contribution in [-0.4, -0.2) is 18.7 Å². The predicted octanol–water partition coefficient (Wildman–Crippen LogP) is -0.319. The second kappa shape index (κ2) is 9.11. The normalized spacial score (nSPS) is 10.9. The van der Waals surface area contributed by atoms with Crippen molar-refractivity contribution in [3.63, 3.8) is 0 Å². The summed E-state index contributed by atoms with van der Waals surface area (Å²) in [6.07, 6.45) is 4.51. The van der Waals surface area contributed by atoms with Gasteiger partial charge < -0.3 is 0 Å². The first-order valence-electron chi connectivity index (χ1n) is 5.57. The minimum Gasteiger partial charge on any atom is -0.286 e. The molecule has 0 aliphatic carbocycles. The Morgan fingerprint density at radius 3 is 2.12 bits per heavy atom. The van der Waals surface area contributed by atoms with E-state index in [1.54, 1.807) is 0 Å². The molecule has 0 heterocycles. The Morgan fingerprint density at radius 1 is 0.941 bits per heavy atom. The van der Waals surface area contributed by atoms with Gasteiger partial charge in [0.1, 0.15) is 0 Å². The van der Waals surface area contributed by atoms with Crippen molar-refractivity contribution >= 4 is 10.1 Å². The number of hydrogen-bond donors (Lipinski definition) is 1. The first kappa shape index (κ1) is 17.1. The van der Waals surface area contributed by atoms with E-state index in [0.29, 0.717) is 6.42 Å². The molecule has 90 valence electrons. The van der Waals surface area contributed by atoms with E-state index in [-0.39, 0.29) is 35.3 Å². The molecule has 0 bridgehead atoms. The van der Waals surface area contributed by atoms with E-state index in [1.807, 2.05) is 18.2 Å². The van der Waals surface area contributed by atoms with Gasteiger partial charge in [0.15, 0.2) is 0 Å². The standard InChI is InChI=1S/C12H18O3S.Na/c13-16(14,15)11-7-2-1-4-8-12-9-5-3-6-10-12;/h3,5-6,9-10H,1-2,4,7-8,11H2,(H,13,14,15);/q;+1. The van der Waals surface area contributed by atoms with Crippen molar-refractivity contribution < 1.29 is 42.5 Å². The molecule has 0 fully saturated rings. The van der Waals surface area contributed by atoms with Gasteiger partial charge in [-0.25, -0.2) is 0 Å². The third kappa shape index (κ3) is 9.80. The maximum absolute atomic E-state index is 10.4. The molecule has 1 aromatic carbocycles. The smallest absolute Gasteiger partial charge is 0.286 e. The van der Waals surface area contributed by atoms with Gasteiger partial charge >= 0.3 is 29.6 Å². The van der Waals surface area contributed by atoms with Crippen LogP contribution >= 0.6 is 0 Å². The van der Waals surface area contributed by atoms with Crippen LogP contribution in [0.25, 0.3) is 0 Å². The van der Waals surface area contributed by atoms with Crippen LogP contribution in [0, 0.1) is 0 Å². The van der Waals surface area contributed by atoms with Crippen molar-refractivity contribution in [3.05, 3.63) is 35.9 Å². The van der Waals surface area contributed by atoms with Gasteiger partial charge in [-0.1, -0.05) is 43.2 Å². The van der Waals surface area contributed by atoms with E-state index in [4.69, 9.17) is 4.55 Å². The van der Waals surface area contributed by atoms with Gasteiger partial charge in [0.2, 0.25) is 0 Å². The Balaban J connectivity index is 0.00000256. The molecular weight excluding hydrogens is 247 g/mol. The van der Waals surface area contributed by atoms with E-state index in [1.165, 1.54) is 5.56 Å². The van der Waals surface area contributed by atoms with Gasteiger partial charge in [-0.2, -0.15) is 8.42 Å². The van der Waals surface area contributed by atoms with Crippen LogP contribution in [-0.2, 0) is 16.5 Å². The molecule has 5 heteroatoms. The number of unbranched alkanes of at least 4 members (excludes halogenated alkanes) is 3. The number of aryl methyl sites for hydroxylation is 1. The van der Waals surface area contributed by atoms with Crippen molar-refractivity contribution in [1.29, 1.82) is 0 Å². The van der Waals surface area contributed by atoms with Gasteiger partial charge in [-0.15, -0.1) is 0 Å². The Morgan fingerprint density at radius 2 is 1.53 bits per heavy atom. The summed E-state index contributed by atoms with van der Waals surface area (Å²) in [4.78, 5) is 0. The Bertz CT molecular complexity index is 389. The fourth-order valence-corrected chi connectivity index (χ4v) is 2.18. The van der Waals surface area contributed by atoms with Gasteiger partial charge in [0, 0.05) is 0 Å². The van der Waals surface area contributed by atoms with Crippen LogP contribution in [0.15, 0.2) is 30.3 Å². The molecule has 1 aromatic rings. The predicted molar refractivity (Wildman–Crippen MR) is 65.0 cm³/mol. The number of benzene rings is 1. The van der Waals surface area contributed by atoms with Crippen LogP contribution in [0.4, 0.5) is 0 Å². The molecule has 0 saturated heterocycles. The first-order valence-corrected chi connectivity index (χ1v) is 7.18. The fourth-order valence-electron chi connectivity index (χ4n) is 1.61. The van der Waals surface area contributed by atoms with E-state index in [2.05, 4.69) is 12.1 Å². The van der Waals surface area contributed by atoms with E-state index >= 15 is 0 Å². The van der Waals surface area contributed by atoms with E-state index in [9.17, 15) is 8.42 Å². The Labute approximate surface area is 126 Å². The molecule has 0 amide bonds. The molecular formula is C12H18NaO3S+. The summed E-state index contributed by atoms with van der Waals surface area (Å²) < 4.78 is 29.4. The van der Waals surface area contributed by atoms with Crippen LogP contribution < -0.4 is 29.6 Å². The fraction of sp³-hybridized carbons (Fsp3) is 0.500. The molecule has 1 N–H and O–H groups in total. The molecule has 0 spiro atoms. The first-order chi connectivity index (χ1) is 7.58. The summed E-state index contributed by atoms with van der Waals surface area (Å²) in [6.45, 7) is 0. The molecule has 1 rings (SSSR count). The van der Waals surface area contributed by atoms with Crippen molar-refractivity contribution in [2.75, 3.05) is 5.75 Å². The molecule has 17 heavy (non-hydrogen) atoms. The molecule has 0 unspecified atom stereocenters. The summed E-state index contributed by atoms with van der Waals surface area (Å²) in [5, 5.41) is 0. The van der Waals surface area contributed by atoms with Crippen molar-refractivity contribution in [3.8, 4) is 0 Å². The van der Waals surface area contributed by atoms with Crippen molar-refractivity contribution in [1.82, 2.24) is 0 Å². The Kier molecular flexibility index (Phi) is 9.18. The monoisotopic (exact) mass is 265 g/mol. The van der Waals surface area contributed by atoms with Gasteiger partial charge in [-0.05, 0) is 24.8 Å². The number of rotatable bonds is 7. The maximum atomic E-state index is 10.4. The third-order valence-corrected chi connectivity index (χ3v) is 3.27. The molecule has 0 atom stereocenters. The van der Waals surface area contributed by atoms with Gasteiger partial charge in [0.05, 0.1) is 5.75 Å². The SMILES string of the molecule is O=S(=O)(O)CCCCCCc1ccccc1.[Na+]. The van der Waals surface area contributed by atoms with Crippen LogP contribution in [0.5, 0.6) is 0 Å².